The molecule has 2 nitrogen and oxygen atoms in total. The number of unbranched alkanes of at least 4 members (excludes halogenated alkanes) is 1. The van der Waals surface area contributed by atoms with Crippen LogP contribution in [0.4, 0.5) is 0 Å². The van der Waals surface area contributed by atoms with Gasteiger partial charge in [0, 0.05) is 11.5 Å². The van der Waals surface area contributed by atoms with Crippen LogP contribution in [0, 0.1) is 0 Å². The number of hydrogen-bond acceptors (Lipinski definition) is 2. The van der Waals surface area contributed by atoms with Gasteiger partial charge in [0.15, 0.2) is 0 Å². The summed E-state index contributed by atoms with van der Waals surface area (Å²) >= 11 is 5.48. The second-order valence-electron chi connectivity index (χ2n) is 2.89. The van der Waals surface area contributed by atoms with Gasteiger partial charge in [0.1, 0.15) is 0 Å². The van der Waals surface area contributed by atoms with Crippen LogP contribution in [-0.4, -0.2) is 18.5 Å². The molecule has 0 aliphatic carbocycles. The third-order valence-corrected chi connectivity index (χ3v) is 1.90. The molecule has 0 radical (unpaired) electrons. The summed E-state index contributed by atoms with van der Waals surface area (Å²) in [5.41, 5.74) is 0.525. The van der Waals surface area contributed by atoms with Gasteiger partial charge in [-0.1, -0.05) is 19.9 Å². The first kappa shape index (κ1) is 12.5. The third-order valence-electron chi connectivity index (χ3n) is 1.63. The molecule has 0 amide bonds. The molecule has 0 aromatic heterocycles. The molecule has 76 valence electrons. The zero-order valence-electron chi connectivity index (χ0n) is 8.14. The molecule has 0 aromatic carbocycles. The Hall–Kier alpha value is -0.500. The maximum Gasteiger partial charge on any atom is 0.333 e. The first-order valence-electron chi connectivity index (χ1n) is 4.63. The fraction of sp³-hybridized carbons (Fsp3) is 0.700. The molecular formula is C10H17ClO2. The first-order chi connectivity index (χ1) is 6.22. The normalized spacial score (nSPS) is 9.69. The monoisotopic (exact) mass is 204 g/mol. The summed E-state index contributed by atoms with van der Waals surface area (Å²) < 4.78 is 4.96. The van der Waals surface area contributed by atoms with Gasteiger partial charge in [0.2, 0.25) is 0 Å². The Kier molecular flexibility index (Phi) is 7.80. The van der Waals surface area contributed by atoms with Gasteiger partial charge in [-0.15, -0.1) is 11.6 Å². The Morgan fingerprint density at radius 3 is 2.69 bits per heavy atom. The zero-order valence-corrected chi connectivity index (χ0v) is 8.90. The van der Waals surface area contributed by atoms with Crippen molar-refractivity contribution < 1.29 is 9.53 Å². The Bertz CT molecular complexity index is 166. The minimum atomic E-state index is -0.279. The lowest BCUT2D eigenvalue weighted by molar-refractivity contribution is -0.139. The molecule has 0 rings (SSSR count). The number of hydrogen-bond donors (Lipinski definition) is 0. The minimum Gasteiger partial charge on any atom is -0.462 e. The second-order valence-corrected chi connectivity index (χ2v) is 3.26. The quantitative estimate of drug-likeness (QED) is 0.276. The van der Waals surface area contributed by atoms with Crippen LogP contribution in [-0.2, 0) is 9.53 Å². The maximum atomic E-state index is 11.2. The predicted octanol–water partition coefficient (Wildman–Crippen LogP) is 2.90. The second kappa shape index (κ2) is 8.11. The van der Waals surface area contributed by atoms with Crippen LogP contribution in [0.25, 0.3) is 0 Å². The van der Waals surface area contributed by atoms with E-state index in [-0.39, 0.29) is 5.97 Å². The van der Waals surface area contributed by atoms with Crippen LogP contribution in [0.5, 0.6) is 0 Å². The number of alkyl halides is 1. The topological polar surface area (TPSA) is 26.3 Å². The third kappa shape index (κ3) is 6.64. The number of carbonyl (C=O) groups is 1. The van der Waals surface area contributed by atoms with Gasteiger partial charge < -0.3 is 4.74 Å². The van der Waals surface area contributed by atoms with E-state index in [1.165, 1.54) is 0 Å². The molecule has 0 bridgehead atoms. The van der Waals surface area contributed by atoms with Crippen LogP contribution in [0.15, 0.2) is 12.2 Å². The zero-order chi connectivity index (χ0) is 10.1. The summed E-state index contributed by atoms with van der Waals surface area (Å²) in [4.78, 5) is 11.2. The van der Waals surface area contributed by atoms with Gasteiger partial charge in [-0.05, 0) is 19.3 Å². The minimum absolute atomic E-state index is 0.279. The molecule has 0 aliphatic rings. The molecule has 0 heterocycles. The summed E-state index contributed by atoms with van der Waals surface area (Å²) in [5.74, 6) is 0.278. The molecule has 0 spiro atoms. The summed E-state index contributed by atoms with van der Waals surface area (Å²) in [6.45, 7) is 6.18. The van der Waals surface area contributed by atoms with E-state index in [2.05, 4.69) is 13.5 Å². The van der Waals surface area contributed by atoms with E-state index in [1.54, 1.807) is 0 Å². The van der Waals surface area contributed by atoms with Crippen molar-refractivity contribution in [2.75, 3.05) is 12.5 Å². The van der Waals surface area contributed by atoms with Crippen LogP contribution >= 0.6 is 11.6 Å². The van der Waals surface area contributed by atoms with E-state index in [0.717, 1.165) is 19.3 Å². The number of esters is 1. The van der Waals surface area contributed by atoms with Crippen LogP contribution in [0.2, 0.25) is 0 Å². The van der Waals surface area contributed by atoms with Crippen molar-refractivity contribution in [1.29, 1.82) is 0 Å². The Morgan fingerprint density at radius 1 is 1.46 bits per heavy atom. The SMILES string of the molecule is C=C(CCCCl)C(=O)OCCCC. The van der Waals surface area contributed by atoms with Crippen molar-refractivity contribution in [1.82, 2.24) is 0 Å². The number of halogens is 1. The molecule has 0 N–H and O–H groups in total. The van der Waals surface area contributed by atoms with E-state index in [4.69, 9.17) is 16.3 Å². The Labute approximate surface area is 84.9 Å². The molecule has 0 atom stereocenters. The standard InChI is InChI=1S/C10H17ClO2/c1-3-4-8-13-10(12)9(2)6-5-7-11/h2-8H2,1H3. The van der Waals surface area contributed by atoms with Gasteiger partial charge in [-0.3, -0.25) is 0 Å². The van der Waals surface area contributed by atoms with Crippen LogP contribution in [0.3, 0.4) is 0 Å². The molecule has 0 aromatic rings. The molecule has 0 saturated heterocycles. The van der Waals surface area contributed by atoms with Gasteiger partial charge in [0.25, 0.3) is 0 Å². The maximum absolute atomic E-state index is 11.2. The smallest absolute Gasteiger partial charge is 0.333 e. The molecule has 0 fully saturated rings. The van der Waals surface area contributed by atoms with Crippen molar-refractivity contribution in [2.45, 2.75) is 32.6 Å². The molecule has 0 aliphatic heterocycles. The van der Waals surface area contributed by atoms with Gasteiger partial charge in [-0.25, -0.2) is 4.79 Å². The average Bonchev–Trinajstić information content (AvgIpc) is 2.14. The first-order valence-corrected chi connectivity index (χ1v) is 5.16. The fourth-order valence-corrected chi connectivity index (χ4v) is 0.927. The molecular weight excluding hydrogens is 188 g/mol. The Morgan fingerprint density at radius 2 is 2.15 bits per heavy atom. The van der Waals surface area contributed by atoms with Crippen molar-refractivity contribution in [3.05, 3.63) is 12.2 Å². The summed E-state index contributed by atoms with van der Waals surface area (Å²) in [5, 5.41) is 0. The van der Waals surface area contributed by atoms with Crippen molar-refractivity contribution in [3.8, 4) is 0 Å². The van der Waals surface area contributed by atoms with Gasteiger partial charge in [-0.2, -0.15) is 0 Å². The highest BCUT2D eigenvalue weighted by Gasteiger charge is 2.06. The summed E-state index contributed by atoms with van der Waals surface area (Å²) in [6, 6.07) is 0. The molecule has 13 heavy (non-hydrogen) atoms. The average molecular weight is 205 g/mol. The van der Waals surface area contributed by atoms with Gasteiger partial charge in [0.05, 0.1) is 6.61 Å². The van der Waals surface area contributed by atoms with Gasteiger partial charge >= 0.3 is 5.97 Å². The van der Waals surface area contributed by atoms with E-state index in [9.17, 15) is 4.79 Å². The lowest BCUT2D eigenvalue weighted by Gasteiger charge is -2.05. The van der Waals surface area contributed by atoms with Crippen molar-refractivity contribution >= 4 is 17.6 Å². The fourth-order valence-electron chi connectivity index (χ4n) is 0.794. The number of rotatable bonds is 7. The van der Waals surface area contributed by atoms with E-state index < -0.39 is 0 Å². The molecule has 3 heteroatoms. The molecule has 0 saturated carbocycles. The largest absolute Gasteiger partial charge is 0.462 e. The van der Waals surface area contributed by atoms with E-state index in [0.29, 0.717) is 24.5 Å². The van der Waals surface area contributed by atoms with Crippen LogP contribution < -0.4 is 0 Å². The lowest BCUT2D eigenvalue weighted by atomic mass is 10.2. The Balaban J connectivity index is 3.51. The number of ether oxygens (including phenoxy) is 1. The predicted molar refractivity (Wildman–Crippen MR) is 55.0 cm³/mol. The summed E-state index contributed by atoms with van der Waals surface area (Å²) in [7, 11) is 0. The highest BCUT2D eigenvalue weighted by atomic mass is 35.5. The lowest BCUT2D eigenvalue weighted by Crippen LogP contribution is -2.08. The summed E-state index contributed by atoms with van der Waals surface area (Å²) in [6.07, 6.45) is 3.35. The van der Waals surface area contributed by atoms with Crippen LogP contribution in [0.1, 0.15) is 32.6 Å². The highest BCUT2D eigenvalue weighted by molar-refractivity contribution is 6.17. The molecule has 0 unspecified atom stereocenters. The van der Waals surface area contributed by atoms with Crippen molar-refractivity contribution in [2.24, 2.45) is 0 Å². The van der Waals surface area contributed by atoms with E-state index >= 15 is 0 Å². The highest BCUT2D eigenvalue weighted by Crippen LogP contribution is 2.06. The number of carbonyl (C=O) groups excluding carboxylic acids is 1. The van der Waals surface area contributed by atoms with E-state index in [1.807, 2.05) is 0 Å². The van der Waals surface area contributed by atoms with Crippen molar-refractivity contribution in [3.63, 3.8) is 0 Å².